The molecule has 0 spiro atoms. The molecule has 0 aromatic heterocycles. The van der Waals surface area contributed by atoms with Gasteiger partial charge in [0.15, 0.2) is 0 Å². The van der Waals surface area contributed by atoms with Gasteiger partial charge in [-0.25, -0.2) is 0 Å². The van der Waals surface area contributed by atoms with Crippen LogP contribution in [0.5, 0.6) is 0 Å². The highest BCUT2D eigenvalue weighted by atomic mass is 32.2. The molecule has 0 saturated carbocycles. The molecule has 1 atom stereocenters. The number of hydrogen-bond acceptors (Lipinski definition) is 5. The van der Waals surface area contributed by atoms with Crippen molar-refractivity contribution in [3.63, 3.8) is 0 Å². The highest BCUT2D eigenvalue weighted by molar-refractivity contribution is 8.00. The average Bonchev–Trinajstić information content (AvgIpc) is 2.45. The fourth-order valence-electron chi connectivity index (χ4n) is 1.53. The third kappa shape index (κ3) is 5.88. The molecule has 0 saturated heterocycles. The minimum atomic E-state index is -0.252. The second-order valence-corrected chi connectivity index (χ2v) is 6.43. The third-order valence-corrected chi connectivity index (χ3v) is 4.52. The summed E-state index contributed by atoms with van der Waals surface area (Å²) in [7, 11) is 1.37. The van der Waals surface area contributed by atoms with Crippen LogP contribution in [-0.2, 0) is 14.3 Å². The van der Waals surface area contributed by atoms with Crippen molar-refractivity contribution in [2.75, 3.05) is 24.4 Å². The normalized spacial score (nSPS) is 11.8. The van der Waals surface area contributed by atoms with Crippen LogP contribution in [0.3, 0.4) is 0 Å². The van der Waals surface area contributed by atoms with E-state index >= 15 is 0 Å². The second-order valence-electron chi connectivity index (χ2n) is 4.15. The summed E-state index contributed by atoms with van der Waals surface area (Å²) in [6, 6.07) is 7.68. The summed E-state index contributed by atoms with van der Waals surface area (Å²) < 4.78 is 4.60. The van der Waals surface area contributed by atoms with E-state index < -0.39 is 0 Å². The van der Waals surface area contributed by atoms with Gasteiger partial charge in [0.1, 0.15) is 0 Å². The van der Waals surface area contributed by atoms with Gasteiger partial charge >= 0.3 is 5.97 Å². The summed E-state index contributed by atoms with van der Waals surface area (Å²) in [4.78, 5) is 24.0. The van der Waals surface area contributed by atoms with Gasteiger partial charge in [-0.15, -0.1) is 23.5 Å². The van der Waals surface area contributed by atoms with Gasteiger partial charge in [0.05, 0.1) is 25.0 Å². The Morgan fingerprint density at radius 1 is 1.35 bits per heavy atom. The first-order chi connectivity index (χ1) is 9.56. The lowest BCUT2D eigenvalue weighted by Crippen LogP contribution is -2.17. The molecule has 1 aromatic rings. The Hall–Kier alpha value is -1.14. The molecule has 0 bridgehead atoms. The first-order valence-electron chi connectivity index (χ1n) is 6.18. The zero-order chi connectivity index (χ0) is 15.0. The number of benzene rings is 1. The van der Waals surface area contributed by atoms with Crippen LogP contribution >= 0.6 is 23.5 Å². The average molecular weight is 313 g/mol. The lowest BCUT2D eigenvalue weighted by Gasteiger charge is -2.11. The third-order valence-electron chi connectivity index (χ3n) is 2.56. The summed E-state index contributed by atoms with van der Waals surface area (Å²) in [5.74, 6) is 0.00675. The summed E-state index contributed by atoms with van der Waals surface area (Å²) in [5.41, 5.74) is 0.825. The van der Waals surface area contributed by atoms with Gasteiger partial charge in [-0.3, -0.25) is 9.59 Å². The van der Waals surface area contributed by atoms with Gasteiger partial charge in [0.25, 0.3) is 0 Å². The van der Waals surface area contributed by atoms with Crippen molar-refractivity contribution in [3.8, 4) is 0 Å². The Bertz CT molecular complexity index is 465. The molecule has 1 aromatic carbocycles. The van der Waals surface area contributed by atoms with E-state index in [0.29, 0.717) is 12.2 Å². The van der Waals surface area contributed by atoms with E-state index in [2.05, 4.69) is 10.1 Å². The molecule has 0 radical (unpaired) electrons. The molecule has 0 aliphatic heterocycles. The molecule has 6 heteroatoms. The number of carbonyl (C=O) groups is 2. The summed E-state index contributed by atoms with van der Waals surface area (Å²) in [6.07, 6.45) is 2.29. The lowest BCUT2D eigenvalue weighted by molar-refractivity contribution is -0.140. The molecule has 1 amide bonds. The van der Waals surface area contributed by atoms with Crippen molar-refractivity contribution >= 4 is 41.1 Å². The molecule has 1 N–H and O–H groups in total. The predicted octanol–water partition coefficient (Wildman–Crippen LogP) is 3.03. The van der Waals surface area contributed by atoms with Gasteiger partial charge in [0.2, 0.25) is 5.91 Å². The number of rotatable bonds is 7. The minimum Gasteiger partial charge on any atom is -0.469 e. The molecule has 1 rings (SSSR count). The Morgan fingerprint density at radius 2 is 2.05 bits per heavy atom. The van der Waals surface area contributed by atoms with Crippen molar-refractivity contribution < 1.29 is 14.3 Å². The van der Waals surface area contributed by atoms with Crippen LogP contribution in [-0.4, -0.2) is 36.2 Å². The summed E-state index contributed by atoms with van der Waals surface area (Å²) in [5, 5.41) is 2.95. The van der Waals surface area contributed by atoms with E-state index in [1.807, 2.05) is 37.4 Å². The highest BCUT2D eigenvalue weighted by Crippen LogP contribution is 2.25. The monoisotopic (exact) mass is 313 g/mol. The molecule has 0 aliphatic rings. The first-order valence-corrected chi connectivity index (χ1v) is 8.45. The summed E-state index contributed by atoms with van der Waals surface area (Å²) >= 11 is 3.03. The molecule has 1 unspecified atom stereocenters. The number of ether oxygens (including phenoxy) is 1. The van der Waals surface area contributed by atoms with Crippen molar-refractivity contribution in [1.29, 1.82) is 0 Å². The van der Waals surface area contributed by atoms with Gasteiger partial charge < -0.3 is 10.1 Å². The number of carbonyl (C=O) groups excluding carboxylic acids is 2. The molecular weight excluding hydrogens is 294 g/mol. The maximum Gasteiger partial charge on any atom is 0.306 e. The van der Waals surface area contributed by atoms with Crippen molar-refractivity contribution in [2.24, 2.45) is 0 Å². The van der Waals surface area contributed by atoms with Gasteiger partial charge in [0, 0.05) is 10.1 Å². The quantitative estimate of drug-likeness (QED) is 0.619. The molecular formula is C14H19NO3S2. The van der Waals surface area contributed by atoms with Gasteiger partial charge in [-0.05, 0) is 18.4 Å². The standard InChI is InChI=1S/C14H19NO3S2/c1-10(8-14(17)18-2)20-9-13(16)15-11-6-4-5-7-12(11)19-3/h4-7,10H,8-9H2,1-3H3,(H,15,16). The number of methoxy groups -OCH3 is 1. The van der Waals surface area contributed by atoms with Crippen molar-refractivity contribution in [3.05, 3.63) is 24.3 Å². The topological polar surface area (TPSA) is 55.4 Å². The molecule has 0 aliphatic carbocycles. The first kappa shape index (κ1) is 16.9. The Balaban J connectivity index is 2.42. The van der Waals surface area contributed by atoms with Crippen LogP contribution in [0.1, 0.15) is 13.3 Å². The number of nitrogens with one attached hydrogen (secondary N) is 1. The van der Waals surface area contributed by atoms with Gasteiger partial charge in [-0.1, -0.05) is 19.1 Å². The lowest BCUT2D eigenvalue weighted by atomic mass is 10.3. The van der Waals surface area contributed by atoms with E-state index in [-0.39, 0.29) is 17.1 Å². The number of hydrogen-bond donors (Lipinski definition) is 1. The zero-order valence-electron chi connectivity index (χ0n) is 11.8. The Labute approximate surface area is 128 Å². The number of amides is 1. The Morgan fingerprint density at radius 3 is 2.70 bits per heavy atom. The molecule has 4 nitrogen and oxygen atoms in total. The Kier molecular flexibility index (Phi) is 7.54. The maximum atomic E-state index is 11.9. The van der Waals surface area contributed by atoms with Crippen LogP contribution in [0, 0.1) is 0 Å². The zero-order valence-corrected chi connectivity index (χ0v) is 13.5. The fraction of sp³-hybridized carbons (Fsp3) is 0.429. The summed E-state index contributed by atoms with van der Waals surface area (Å²) in [6.45, 7) is 1.91. The molecule has 20 heavy (non-hydrogen) atoms. The van der Waals surface area contributed by atoms with Crippen LogP contribution < -0.4 is 5.32 Å². The predicted molar refractivity (Wildman–Crippen MR) is 85.4 cm³/mol. The molecule has 0 fully saturated rings. The van der Waals surface area contributed by atoms with Crippen LogP contribution in [0.4, 0.5) is 5.69 Å². The SMILES string of the molecule is COC(=O)CC(C)SCC(=O)Nc1ccccc1SC. The second kappa shape index (κ2) is 8.92. The van der Waals surface area contributed by atoms with E-state index in [1.54, 1.807) is 11.8 Å². The van der Waals surface area contributed by atoms with Crippen LogP contribution in [0.15, 0.2) is 29.2 Å². The fourth-order valence-corrected chi connectivity index (χ4v) is 2.84. The van der Waals surface area contributed by atoms with E-state index in [4.69, 9.17) is 0 Å². The maximum absolute atomic E-state index is 11.9. The number of anilines is 1. The number of esters is 1. The number of thioether (sulfide) groups is 2. The highest BCUT2D eigenvalue weighted by Gasteiger charge is 2.12. The van der Waals surface area contributed by atoms with Crippen molar-refractivity contribution in [1.82, 2.24) is 0 Å². The number of para-hydroxylation sites is 1. The van der Waals surface area contributed by atoms with E-state index in [0.717, 1.165) is 10.6 Å². The van der Waals surface area contributed by atoms with Crippen LogP contribution in [0.2, 0.25) is 0 Å². The molecule has 110 valence electrons. The van der Waals surface area contributed by atoms with Crippen molar-refractivity contribution in [2.45, 2.75) is 23.5 Å². The van der Waals surface area contributed by atoms with E-state index in [9.17, 15) is 9.59 Å². The van der Waals surface area contributed by atoms with Crippen LogP contribution in [0.25, 0.3) is 0 Å². The molecule has 0 heterocycles. The largest absolute Gasteiger partial charge is 0.469 e. The van der Waals surface area contributed by atoms with E-state index in [1.165, 1.54) is 18.9 Å². The minimum absolute atomic E-state index is 0.0593. The smallest absolute Gasteiger partial charge is 0.306 e. The van der Waals surface area contributed by atoms with Gasteiger partial charge in [-0.2, -0.15) is 0 Å².